The molecule has 0 amide bonds. The van der Waals surface area contributed by atoms with E-state index in [9.17, 15) is 9.59 Å². The van der Waals surface area contributed by atoms with Gasteiger partial charge in [0, 0.05) is 11.8 Å². The lowest BCUT2D eigenvalue weighted by Gasteiger charge is -2.03. The van der Waals surface area contributed by atoms with Gasteiger partial charge < -0.3 is 14.8 Å². The van der Waals surface area contributed by atoms with Gasteiger partial charge in [-0.2, -0.15) is 0 Å². The maximum atomic E-state index is 12.1. The number of rotatable bonds is 4. The molecule has 2 heterocycles. The molecule has 0 aliphatic heterocycles. The fourth-order valence-electron chi connectivity index (χ4n) is 2.17. The highest BCUT2D eigenvalue weighted by Gasteiger charge is 2.16. The van der Waals surface area contributed by atoms with Crippen LogP contribution in [0.1, 0.15) is 21.7 Å². The number of fused-ring (bicyclic) bond motifs is 1. The minimum atomic E-state index is -1.12. The van der Waals surface area contributed by atoms with Crippen LogP contribution in [-0.2, 0) is 6.42 Å². The first-order valence-corrected chi connectivity index (χ1v) is 7.33. The van der Waals surface area contributed by atoms with E-state index in [0.29, 0.717) is 17.1 Å². The molecule has 0 atom stereocenters. The number of thiophene rings is 1. The maximum Gasteiger partial charge on any atom is 0.337 e. The van der Waals surface area contributed by atoms with Crippen molar-refractivity contribution in [3.05, 3.63) is 57.0 Å². The van der Waals surface area contributed by atoms with Crippen LogP contribution in [0.15, 0.2) is 34.4 Å². The second-order valence-corrected chi connectivity index (χ2v) is 5.53. The van der Waals surface area contributed by atoms with Crippen molar-refractivity contribution in [2.75, 3.05) is 7.11 Å². The highest BCUT2D eigenvalue weighted by atomic mass is 32.1. The molecule has 112 valence electrons. The fourth-order valence-corrected chi connectivity index (χ4v) is 3.10. The molecule has 6 nitrogen and oxygen atoms in total. The van der Waals surface area contributed by atoms with E-state index in [1.807, 2.05) is 24.3 Å². The molecule has 7 heteroatoms. The summed E-state index contributed by atoms with van der Waals surface area (Å²) in [6.07, 6.45) is 0.454. The van der Waals surface area contributed by atoms with Crippen LogP contribution in [0, 0.1) is 0 Å². The normalized spacial score (nSPS) is 10.8. The molecule has 0 aliphatic rings. The molecule has 0 radical (unpaired) electrons. The lowest BCUT2D eigenvalue weighted by molar-refractivity contribution is 0.0699. The van der Waals surface area contributed by atoms with Gasteiger partial charge in [0.1, 0.15) is 16.4 Å². The van der Waals surface area contributed by atoms with Gasteiger partial charge >= 0.3 is 5.97 Å². The fraction of sp³-hybridized carbons (Fsp3) is 0.133. The van der Waals surface area contributed by atoms with Crippen LogP contribution in [0.2, 0.25) is 0 Å². The van der Waals surface area contributed by atoms with Crippen molar-refractivity contribution in [1.82, 2.24) is 9.97 Å². The number of aromatic nitrogens is 2. The van der Waals surface area contributed by atoms with Crippen molar-refractivity contribution in [2.24, 2.45) is 0 Å². The van der Waals surface area contributed by atoms with Gasteiger partial charge in [-0.25, -0.2) is 9.78 Å². The minimum Gasteiger partial charge on any atom is -0.497 e. The smallest absolute Gasteiger partial charge is 0.337 e. The van der Waals surface area contributed by atoms with Gasteiger partial charge in [0.05, 0.1) is 18.1 Å². The van der Waals surface area contributed by atoms with Gasteiger partial charge in [-0.1, -0.05) is 12.1 Å². The lowest BCUT2D eigenvalue weighted by Crippen LogP contribution is -2.13. The van der Waals surface area contributed by atoms with Crippen molar-refractivity contribution in [2.45, 2.75) is 6.42 Å². The highest BCUT2D eigenvalue weighted by Crippen LogP contribution is 2.21. The second-order valence-electron chi connectivity index (χ2n) is 4.67. The third-order valence-electron chi connectivity index (χ3n) is 3.25. The Hall–Kier alpha value is -2.67. The van der Waals surface area contributed by atoms with Crippen molar-refractivity contribution in [1.29, 1.82) is 0 Å². The van der Waals surface area contributed by atoms with Crippen molar-refractivity contribution in [3.8, 4) is 5.75 Å². The number of aromatic carboxylic acids is 1. The van der Waals surface area contributed by atoms with E-state index >= 15 is 0 Å². The summed E-state index contributed by atoms with van der Waals surface area (Å²) in [5, 5.41) is 10.6. The molecular formula is C15H12N2O4S. The Labute approximate surface area is 129 Å². The summed E-state index contributed by atoms with van der Waals surface area (Å²) in [5.74, 6) is 0.132. The molecule has 1 aromatic carbocycles. The Morgan fingerprint density at radius 2 is 2.09 bits per heavy atom. The maximum absolute atomic E-state index is 12.1. The number of carbonyl (C=O) groups is 1. The number of H-pyrrole nitrogens is 1. The molecule has 0 bridgehead atoms. The van der Waals surface area contributed by atoms with Crippen LogP contribution >= 0.6 is 11.3 Å². The average Bonchev–Trinajstić information content (AvgIpc) is 2.92. The van der Waals surface area contributed by atoms with Crippen LogP contribution in [-0.4, -0.2) is 28.2 Å². The first kappa shape index (κ1) is 14.3. The molecule has 0 aliphatic carbocycles. The standard InChI is InChI=1S/C15H12N2O4S/c1-21-9-4-2-8(3-5-9)6-11-16-13(18)12-10(15(19)20)7-22-14(12)17-11/h2-5,7H,6H2,1H3,(H,19,20)(H,16,17,18). The summed E-state index contributed by atoms with van der Waals surface area (Å²) in [5.41, 5.74) is 0.537. The number of carboxylic acid groups (broad SMARTS) is 1. The third-order valence-corrected chi connectivity index (χ3v) is 4.13. The predicted octanol–water partition coefficient (Wildman–Crippen LogP) is 2.28. The minimum absolute atomic E-state index is 0.00949. The molecule has 22 heavy (non-hydrogen) atoms. The number of carboxylic acids is 1. The number of hydrogen-bond acceptors (Lipinski definition) is 5. The van der Waals surface area contributed by atoms with Gasteiger partial charge in [0.2, 0.25) is 0 Å². The Bertz CT molecular complexity index is 896. The van der Waals surface area contributed by atoms with Gasteiger partial charge in [-0.15, -0.1) is 11.3 Å². The Morgan fingerprint density at radius 3 is 2.73 bits per heavy atom. The molecule has 2 N–H and O–H groups in total. The summed E-state index contributed by atoms with van der Waals surface area (Å²) in [6.45, 7) is 0. The van der Waals surface area contributed by atoms with Crippen LogP contribution in [0.25, 0.3) is 10.2 Å². The molecular weight excluding hydrogens is 304 g/mol. The number of nitrogens with one attached hydrogen (secondary N) is 1. The van der Waals surface area contributed by atoms with E-state index in [1.54, 1.807) is 7.11 Å². The van der Waals surface area contributed by atoms with Crippen LogP contribution in [0.5, 0.6) is 5.75 Å². The first-order valence-electron chi connectivity index (χ1n) is 6.45. The quantitative estimate of drug-likeness (QED) is 0.770. The molecule has 0 saturated heterocycles. The monoisotopic (exact) mass is 316 g/mol. The second kappa shape index (κ2) is 5.61. The molecule has 3 aromatic rings. The summed E-state index contributed by atoms with van der Waals surface area (Å²) in [4.78, 5) is 30.6. The van der Waals surface area contributed by atoms with E-state index in [1.165, 1.54) is 5.38 Å². The molecule has 0 saturated carbocycles. The first-order chi connectivity index (χ1) is 10.6. The van der Waals surface area contributed by atoms with Gasteiger partial charge in [0.15, 0.2) is 0 Å². The lowest BCUT2D eigenvalue weighted by atomic mass is 10.1. The van der Waals surface area contributed by atoms with Crippen molar-refractivity contribution < 1.29 is 14.6 Å². The number of benzene rings is 1. The zero-order chi connectivity index (χ0) is 15.7. The number of hydrogen-bond donors (Lipinski definition) is 2. The summed E-state index contributed by atoms with van der Waals surface area (Å²) in [6, 6.07) is 7.44. The number of methoxy groups -OCH3 is 1. The highest BCUT2D eigenvalue weighted by molar-refractivity contribution is 7.17. The number of aromatic amines is 1. The van der Waals surface area contributed by atoms with E-state index in [-0.39, 0.29) is 10.9 Å². The summed E-state index contributed by atoms with van der Waals surface area (Å²) in [7, 11) is 1.60. The molecule has 3 rings (SSSR count). The van der Waals surface area contributed by atoms with Crippen LogP contribution in [0.4, 0.5) is 0 Å². The van der Waals surface area contributed by atoms with Crippen molar-refractivity contribution in [3.63, 3.8) is 0 Å². The largest absolute Gasteiger partial charge is 0.497 e. The number of ether oxygens (including phenoxy) is 1. The van der Waals surface area contributed by atoms with E-state index in [4.69, 9.17) is 9.84 Å². The zero-order valence-electron chi connectivity index (χ0n) is 11.6. The Morgan fingerprint density at radius 1 is 1.36 bits per heavy atom. The van der Waals surface area contributed by atoms with Gasteiger partial charge in [0.25, 0.3) is 5.56 Å². The number of nitrogens with zero attached hydrogens (tertiary/aromatic N) is 1. The topological polar surface area (TPSA) is 92.3 Å². The zero-order valence-corrected chi connectivity index (χ0v) is 12.4. The van der Waals surface area contributed by atoms with E-state index < -0.39 is 11.5 Å². The third kappa shape index (κ3) is 2.58. The van der Waals surface area contributed by atoms with Crippen LogP contribution < -0.4 is 10.3 Å². The Balaban J connectivity index is 1.98. The van der Waals surface area contributed by atoms with Crippen LogP contribution in [0.3, 0.4) is 0 Å². The molecule has 0 unspecified atom stereocenters. The van der Waals surface area contributed by atoms with E-state index in [2.05, 4.69) is 9.97 Å². The molecule has 0 fully saturated rings. The summed E-state index contributed by atoms with van der Waals surface area (Å²) >= 11 is 1.16. The summed E-state index contributed by atoms with van der Waals surface area (Å²) < 4.78 is 5.09. The van der Waals surface area contributed by atoms with E-state index in [0.717, 1.165) is 22.6 Å². The predicted molar refractivity (Wildman–Crippen MR) is 83.0 cm³/mol. The van der Waals surface area contributed by atoms with Crippen molar-refractivity contribution >= 4 is 27.5 Å². The van der Waals surface area contributed by atoms with Gasteiger partial charge in [-0.3, -0.25) is 4.79 Å². The Kier molecular flexibility index (Phi) is 3.64. The molecule has 0 spiro atoms. The average molecular weight is 316 g/mol. The van der Waals surface area contributed by atoms with Gasteiger partial charge in [-0.05, 0) is 17.7 Å². The molecule has 2 aromatic heterocycles. The SMILES string of the molecule is COc1ccc(Cc2nc3scc(C(=O)O)c3c(=O)[nH]2)cc1.